The number of esters is 1. The third-order valence-electron chi connectivity index (χ3n) is 3.38. The van der Waals surface area contributed by atoms with Gasteiger partial charge >= 0.3 is 11.6 Å². The maximum absolute atomic E-state index is 11.6. The molecule has 0 fully saturated rings. The molecular weight excluding hydrogens is 300 g/mol. The van der Waals surface area contributed by atoms with Crippen molar-refractivity contribution in [3.63, 3.8) is 0 Å². The number of hydrogen-bond donors (Lipinski definition) is 1. The van der Waals surface area contributed by atoms with Gasteiger partial charge in [-0.3, -0.25) is 4.79 Å². The monoisotopic (exact) mass is 318 g/mol. The van der Waals surface area contributed by atoms with Crippen molar-refractivity contribution >= 4 is 16.9 Å². The smallest absolute Gasteiger partial charge is 0.336 e. The van der Waals surface area contributed by atoms with Crippen LogP contribution in [0.1, 0.15) is 25.5 Å². The molecule has 2 aromatic rings. The number of carbonyl (C=O) groups is 1. The van der Waals surface area contributed by atoms with Gasteiger partial charge in [0.05, 0.1) is 12.7 Å². The maximum atomic E-state index is 11.6. The summed E-state index contributed by atoms with van der Waals surface area (Å²) in [5, 5.41) is 11.0. The van der Waals surface area contributed by atoms with E-state index in [1.165, 1.54) is 20.1 Å². The summed E-state index contributed by atoms with van der Waals surface area (Å²) in [5.74, 6) is -0.258. The van der Waals surface area contributed by atoms with Crippen LogP contribution >= 0.6 is 0 Å². The Morgan fingerprint density at radius 2 is 1.91 bits per heavy atom. The van der Waals surface area contributed by atoms with Gasteiger partial charge in [0, 0.05) is 18.4 Å². The van der Waals surface area contributed by atoms with E-state index in [0.29, 0.717) is 16.7 Å². The highest BCUT2D eigenvalue weighted by atomic mass is 16.6. The Bertz CT molecular complexity index is 804. The lowest BCUT2D eigenvalue weighted by Gasteiger charge is -2.25. The molecule has 2 atom stereocenters. The molecule has 2 unspecified atom stereocenters. The molecule has 0 spiro atoms. The number of benzene rings is 1. The Kier molecular flexibility index (Phi) is 4.86. The van der Waals surface area contributed by atoms with Gasteiger partial charge in [0.15, 0.2) is 6.10 Å². The maximum Gasteiger partial charge on any atom is 0.336 e. The molecule has 0 saturated heterocycles. The predicted molar refractivity (Wildman–Crippen MR) is 84.4 cm³/mol. The van der Waals surface area contributed by atoms with Crippen LogP contribution in [0.15, 0.2) is 45.6 Å². The zero-order chi connectivity index (χ0) is 17.1. The van der Waals surface area contributed by atoms with Crippen LogP contribution in [0.4, 0.5) is 0 Å². The van der Waals surface area contributed by atoms with E-state index >= 15 is 0 Å². The summed E-state index contributed by atoms with van der Waals surface area (Å²) in [5.41, 5.74) is 0.323. The van der Waals surface area contributed by atoms with Crippen molar-refractivity contribution in [2.75, 3.05) is 7.11 Å². The lowest BCUT2D eigenvalue weighted by molar-refractivity contribution is -0.151. The van der Waals surface area contributed by atoms with Crippen molar-refractivity contribution < 1.29 is 23.8 Å². The largest absolute Gasteiger partial charge is 0.496 e. The molecule has 0 saturated carbocycles. The summed E-state index contributed by atoms with van der Waals surface area (Å²) in [7, 11) is 1.43. The van der Waals surface area contributed by atoms with Crippen molar-refractivity contribution in [1.29, 1.82) is 0 Å². The molecule has 0 radical (unpaired) electrons. The second-order valence-electron chi connectivity index (χ2n) is 5.18. The summed E-state index contributed by atoms with van der Waals surface area (Å²) in [4.78, 5) is 23.0. The van der Waals surface area contributed by atoms with Gasteiger partial charge in [-0.05, 0) is 30.7 Å². The molecule has 0 bridgehead atoms. The van der Waals surface area contributed by atoms with Crippen LogP contribution in [0.3, 0.4) is 0 Å². The molecule has 23 heavy (non-hydrogen) atoms. The average Bonchev–Trinajstić information content (AvgIpc) is 2.50. The van der Waals surface area contributed by atoms with Crippen LogP contribution in [-0.4, -0.2) is 24.3 Å². The lowest BCUT2D eigenvalue weighted by atomic mass is 9.97. The second kappa shape index (κ2) is 6.66. The lowest BCUT2D eigenvalue weighted by Crippen LogP contribution is -2.25. The first-order chi connectivity index (χ1) is 10.8. The van der Waals surface area contributed by atoms with E-state index < -0.39 is 23.8 Å². The Morgan fingerprint density at radius 1 is 1.26 bits per heavy atom. The van der Waals surface area contributed by atoms with Gasteiger partial charge in [-0.2, -0.15) is 0 Å². The molecule has 122 valence electrons. The summed E-state index contributed by atoms with van der Waals surface area (Å²) < 4.78 is 15.8. The zero-order valence-corrected chi connectivity index (χ0v) is 13.2. The van der Waals surface area contributed by atoms with E-state index in [1.54, 1.807) is 25.1 Å². The average molecular weight is 318 g/mol. The van der Waals surface area contributed by atoms with Crippen LogP contribution in [-0.2, 0) is 9.53 Å². The zero-order valence-electron chi connectivity index (χ0n) is 13.2. The molecule has 1 heterocycles. The fourth-order valence-corrected chi connectivity index (χ4v) is 2.30. The molecule has 0 aliphatic heterocycles. The van der Waals surface area contributed by atoms with Crippen LogP contribution in [0, 0.1) is 0 Å². The molecule has 2 rings (SSSR count). The number of aliphatic hydroxyl groups is 1. The minimum absolute atomic E-state index is 0.198. The van der Waals surface area contributed by atoms with E-state index in [-0.39, 0.29) is 11.1 Å². The molecule has 1 aromatic heterocycles. The summed E-state index contributed by atoms with van der Waals surface area (Å²) in [6.45, 7) is 6.52. The van der Waals surface area contributed by atoms with E-state index in [2.05, 4.69) is 6.58 Å². The van der Waals surface area contributed by atoms with Gasteiger partial charge < -0.3 is 19.0 Å². The molecule has 0 amide bonds. The first kappa shape index (κ1) is 16.8. The molecule has 1 N–H and O–H groups in total. The van der Waals surface area contributed by atoms with Gasteiger partial charge in [0.25, 0.3) is 0 Å². The summed E-state index contributed by atoms with van der Waals surface area (Å²) >= 11 is 0. The number of hydrogen-bond acceptors (Lipinski definition) is 6. The van der Waals surface area contributed by atoms with Crippen LogP contribution < -0.4 is 10.4 Å². The topological polar surface area (TPSA) is 86.0 Å². The van der Waals surface area contributed by atoms with Crippen molar-refractivity contribution in [3.05, 3.63) is 52.4 Å². The second-order valence-corrected chi connectivity index (χ2v) is 5.18. The third-order valence-corrected chi connectivity index (χ3v) is 3.38. The van der Waals surface area contributed by atoms with Crippen molar-refractivity contribution in [2.24, 2.45) is 0 Å². The van der Waals surface area contributed by atoms with Crippen LogP contribution in [0.25, 0.3) is 11.0 Å². The number of fused-ring (bicyclic) bond motifs is 1. The SMILES string of the molecule is C=C(C)C(O)C(OC(C)=O)c1c(OC)ccc2ccc(=O)oc12. The minimum atomic E-state index is -1.18. The number of carbonyl (C=O) groups excluding carboxylic acids is 1. The molecule has 1 aromatic carbocycles. The molecule has 6 heteroatoms. The van der Waals surface area contributed by atoms with Crippen LogP contribution in [0.2, 0.25) is 0 Å². The molecule has 0 aliphatic carbocycles. The Hall–Kier alpha value is -2.60. The van der Waals surface area contributed by atoms with Crippen molar-refractivity contribution in [2.45, 2.75) is 26.1 Å². The molecule has 0 aliphatic rings. The van der Waals surface area contributed by atoms with E-state index in [0.717, 1.165) is 0 Å². The van der Waals surface area contributed by atoms with Gasteiger partial charge in [-0.15, -0.1) is 0 Å². The Morgan fingerprint density at radius 3 is 2.48 bits per heavy atom. The quantitative estimate of drug-likeness (QED) is 0.517. The van der Waals surface area contributed by atoms with Gasteiger partial charge in [-0.25, -0.2) is 4.79 Å². The minimum Gasteiger partial charge on any atom is -0.496 e. The summed E-state index contributed by atoms with van der Waals surface area (Å²) in [6, 6.07) is 6.23. The third kappa shape index (κ3) is 3.43. The highest BCUT2D eigenvalue weighted by Gasteiger charge is 2.31. The highest BCUT2D eigenvalue weighted by molar-refractivity contribution is 5.83. The van der Waals surface area contributed by atoms with Gasteiger partial charge in [0.2, 0.25) is 0 Å². The Labute approximate surface area is 132 Å². The number of aliphatic hydroxyl groups excluding tert-OH is 1. The van der Waals surface area contributed by atoms with Gasteiger partial charge in [-0.1, -0.05) is 6.58 Å². The predicted octanol–water partition coefficient (Wildman–Crippen LogP) is 2.34. The van der Waals surface area contributed by atoms with E-state index in [1.807, 2.05) is 0 Å². The fourth-order valence-electron chi connectivity index (χ4n) is 2.30. The number of ether oxygens (including phenoxy) is 2. The van der Waals surface area contributed by atoms with E-state index in [9.17, 15) is 14.7 Å². The Balaban J connectivity index is 2.78. The van der Waals surface area contributed by atoms with Crippen molar-refractivity contribution in [1.82, 2.24) is 0 Å². The first-order valence-corrected chi connectivity index (χ1v) is 6.96. The fraction of sp³-hybridized carbons (Fsp3) is 0.294. The van der Waals surface area contributed by atoms with Crippen LogP contribution in [0.5, 0.6) is 5.75 Å². The van der Waals surface area contributed by atoms with Crippen molar-refractivity contribution in [3.8, 4) is 5.75 Å². The normalized spacial score (nSPS) is 13.4. The first-order valence-electron chi connectivity index (χ1n) is 6.96. The number of rotatable bonds is 5. The standard InChI is InChI=1S/C17H18O6/c1-9(2)15(20)17(22-10(3)18)14-12(21-4)7-5-11-6-8-13(19)23-16(11)14/h5-8,15,17,20H,1H2,2-4H3. The molecule has 6 nitrogen and oxygen atoms in total. The number of methoxy groups -OCH3 is 1. The van der Waals surface area contributed by atoms with Gasteiger partial charge in [0.1, 0.15) is 17.4 Å². The summed E-state index contributed by atoms with van der Waals surface area (Å²) in [6.07, 6.45) is -2.28. The highest BCUT2D eigenvalue weighted by Crippen LogP contribution is 2.37. The van der Waals surface area contributed by atoms with E-state index in [4.69, 9.17) is 13.9 Å². The molecular formula is C17H18O6.